The fourth-order valence-electron chi connectivity index (χ4n) is 2.73. The van der Waals surface area contributed by atoms with Crippen LogP contribution in [0.15, 0.2) is 70.7 Å². The Morgan fingerprint density at radius 2 is 1.92 bits per heavy atom. The van der Waals surface area contributed by atoms with Gasteiger partial charge >= 0.3 is 0 Å². The Bertz CT molecular complexity index is 1140. The first-order chi connectivity index (χ1) is 12.7. The monoisotopic (exact) mass is 344 g/mol. The smallest absolute Gasteiger partial charge is 0.252 e. The number of aryl methyl sites for hydroxylation is 1. The predicted molar refractivity (Wildman–Crippen MR) is 101 cm³/mol. The molecule has 128 valence electrons. The number of hydrazone groups is 1. The first kappa shape index (κ1) is 15.8. The lowest BCUT2D eigenvalue weighted by atomic mass is 10.1. The molecule has 0 saturated carbocycles. The zero-order chi connectivity index (χ0) is 17.9. The van der Waals surface area contributed by atoms with Crippen LogP contribution in [0.25, 0.3) is 16.9 Å². The van der Waals surface area contributed by atoms with Crippen LogP contribution in [0.4, 0.5) is 5.95 Å². The van der Waals surface area contributed by atoms with Gasteiger partial charge in [-0.1, -0.05) is 36.4 Å². The van der Waals surface area contributed by atoms with E-state index < -0.39 is 0 Å². The average Bonchev–Trinajstić information content (AvgIpc) is 3.01. The van der Waals surface area contributed by atoms with Gasteiger partial charge in [-0.15, -0.1) is 0 Å². The fraction of sp³-hybridized carbons (Fsp3) is 0.0526. The normalized spacial score (nSPS) is 11.3. The summed E-state index contributed by atoms with van der Waals surface area (Å²) in [6, 6.07) is 17.2. The highest BCUT2D eigenvalue weighted by molar-refractivity contribution is 5.89. The van der Waals surface area contributed by atoms with E-state index >= 15 is 0 Å². The Labute approximate surface area is 149 Å². The molecule has 0 spiro atoms. The number of rotatable bonds is 4. The van der Waals surface area contributed by atoms with E-state index in [1.165, 1.54) is 6.07 Å². The summed E-state index contributed by atoms with van der Waals surface area (Å²) in [5.41, 5.74) is 6.64. The Balaban J connectivity index is 1.74. The molecule has 0 bridgehead atoms. The summed E-state index contributed by atoms with van der Waals surface area (Å²) in [6.07, 6.45) is 3.60. The number of aromatic nitrogens is 4. The summed E-state index contributed by atoms with van der Waals surface area (Å²) < 4.78 is 1.96. The van der Waals surface area contributed by atoms with E-state index in [1.54, 1.807) is 13.1 Å². The van der Waals surface area contributed by atoms with Crippen molar-refractivity contribution in [3.8, 4) is 11.3 Å². The van der Waals surface area contributed by atoms with E-state index in [2.05, 4.69) is 20.5 Å². The lowest BCUT2D eigenvalue weighted by molar-refractivity contribution is 1.04. The van der Waals surface area contributed by atoms with Gasteiger partial charge in [0.1, 0.15) is 5.65 Å². The van der Waals surface area contributed by atoms with Crippen LogP contribution in [0.5, 0.6) is 0 Å². The maximum absolute atomic E-state index is 11.5. The third-order valence-corrected chi connectivity index (χ3v) is 3.84. The van der Waals surface area contributed by atoms with E-state index in [9.17, 15) is 4.79 Å². The zero-order valence-corrected chi connectivity index (χ0v) is 14.0. The molecule has 0 saturated heterocycles. The second kappa shape index (κ2) is 6.64. The molecule has 3 heterocycles. The van der Waals surface area contributed by atoms with Gasteiger partial charge < -0.3 is 0 Å². The number of benzene rings is 1. The number of imidazole rings is 1. The van der Waals surface area contributed by atoms with Crippen LogP contribution in [0.2, 0.25) is 0 Å². The van der Waals surface area contributed by atoms with Crippen molar-refractivity contribution in [2.24, 2.45) is 5.10 Å². The van der Waals surface area contributed by atoms with Gasteiger partial charge in [0.25, 0.3) is 5.56 Å². The third-order valence-electron chi connectivity index (χ3n) is 3.84. The number of hydrogen-bond acceptors (Lipinski definition) is 5. The third kappa shape index (κ3) is 3.10. The van der Waals surface area contributed by atoms with Crippen LogP contribution in [0.1, 0.15) is 11.4 Å². The van der Waals surface area contributed by atoms with Gasteiger partial charge in [-0.2, -0.15) is 5.10 Å². The summed E-state index contributed by atoms with van der Waals surface area (Å²) in [5.74, 6) is 0.293. The van der Waals surface area contributed by atoms with Crippen LogP contribution >= 0.6 is 0 Å². The molecule has 0 aliphatic heterocycles. The van der Waals surface area contributed by atoms with E-state index in [0.29, 0.717) is 11.6 Å². The maximum Gasteiger partial charge on any atom is 0.252 e. The molecule has 0 aliphatic carbocycles. The quantitative estimate of drug-likeness (QED) is 0.440. The van der Waals surface area contributed by atoms with Gasteiger partial charge in [-0.25, -0.2) is 15.4 Å². The predicted octanol–water partition coefficient (Wildman–Crippen LogP) is 2.84. The van der Waals surface area contributed by atoms with Crippen molar-refractivity contribution in [2.45, 2.75) is 6.92 Å². The molecule has 26 heavy (non-hydrogen) atoms. The second-order valence-electron chi connectivity index (χ2n) is 5.75. The maximum atomic E-state index is 11.5. The fourth-order valence-corrected chi connectivity index (χ4v) is 2.73. The Morgan fingerprint density at radius 3 is 2.73 bits per heavy atom. The van der Waals surface area contributed by atoms with E-state index in [-0.39, 0.29) is 5.56 Å². The summed E-state index contributed by atoms with van der Waals surface area (Å²) in [5, 5.41) is 4.23. The molecule has 2 N–H and O–H groups in total. The van der Waals surface area contributed by atoms with E-state index in [0.717, 1.165) is 22.6 Å². The minimum absolute atomic E-state index is 0.227. The van der Waals surface area contributed by atoms with E-state index in [1.807, 2.05) is 59.1 Å². The van der Waals surface area contributed by atoms with Crippen molar-refractivity contribution in [3.63, 3.8) is 0 Å². The molecule has 4 aromatic rings. The van der Waals surface area contributed by atoms with Gasteiger partial charge in [0, 0.05) is 23.5 Å². The van der Waals surface area contributed by atoms with Crippen LogP contribution in [0, 0.1) is 6.92 Å². The summed E-state index contributed by atoms with van der Waals surface area (Å²) in [4.78, 5) is 23.0. The number of fused-ring (bicyclic) bond motifs is 1. The lowest BCUT2D eigenvalue weighted by Crippen LogP contribution is -2.10. The molecule has 0 unspecified atom stereocenters. The molecule has 0 amide bonds. The Kier molecular flexibility index (Phi) is 4.03. The highest BCUT2D eigenvalue weighted by atomic mass is 16.1. The van der Waals surface area contributed by atoms with Gasteiger partial charge in [0.15, 0.2) is 0 Å². The van der Waals surface area contributed by atoms with Gasteiger partial charge in [-0.3, -0.25) is 14.2 Å². The topological polar surface area (TPSA) is 87.4 Å². The Hall–Kier alpha value is -3.74. The van der Waals surface area contributed by atoms with Crippen molar-refractivity contribution < 1.29 is 0 Å². The first-order valence-corrected chi connectivity index (χ1v) is 8.10. The number of aromatic amines is 1. The van der Waals surface area contributed by atoms with Crippen LogP contribution in [-0.2, 0) is 0 Å². The van der Waals surface area contributed by atoms with Crippen LogP contribution in [-0.4, -0.2) is 25.6 Å². The molecular formula is C19H16N6O. The van der Waals surface area contributed by atoms with Crippen molar-refractivity contribution >= 4 is 17.8 Å². The molecule has 7 nitrogen and oxygen atoms in total. The van der Waals surface area contributed by atoms with Crippen molar-refractivity contribution in [1.82, 2.24) is 19.4 Å². The van der Waals surface area contributed by atoms with Crippen molar-refractivity contribution in [3.05, 3.63) is 82.5 Å². The van der Waals surface area contributed by atoms with E-state index in [4.69, 9.17) is 4.98 Å². The number of anilines is 1. The standard InChI is InChI=1S/C19H16N6O/c1-13-11-17(26)23-19(21-13)24-20-12-15-18(14-7-3-2-4-8-14)22-16-9-5-6-10-25(15)16/h2-12H,1H3,(H2,21,23,24,26)/b20-12-. The van der Waals surface area contributed by atoms with Gasteiger partial charge in [0.2, 0.25) is 5.95 Å². The number of pyridine rings is 1. The molecule has 4 rings (SSSR count). The Morgan fingerprint density at radius 1 is 1.12 bits per heavy atom. The molecule has 3 aromatic heterocycles. The molecule has 0 fully saturated rings. The van der Waals surface area contributed by atoms with Crippen molar-refractivity contribution in [2.75, 3.05) is 5.43 Å². The highest BCUT2D eigenvalue weighted by Crippen LogP contribution is 2.23. The molecular weight excluding hydrogens is 328 g/mol. The van der Waals surface area contributed by atoms with Crippen LogP contribution < -0.4 is 11.0 Å². The lowest BCUT2D eigenvalue weighted by Gasteiger charge is -2.02. The van der Waals surface area contributed by atoms with Crippen LogP contribution in [0.3, 0.4) is 0 Å². The highest BCUT2D eigenvalue weighted by Gasteiger charge is 2.11. The summed E-state index contributed by atoms with van der Waals surface area (Å²) >= 11 is 0. The van der Waals surface area contributed by atoms with Crippen molar-refractivity contribution in [1.29, 1.82) is 0 Å². The molecule has 1 aromatic carbocycles. The molecule has 0 atom stereocenters. The zero-order valence-electron chi connectivity index (χ0n) is 14.0. The number of nitrogens with one attached hydrogen (secondary N) is 2. The summed E-state index contributed by atoms with van der Waals surface area (Å²) in [6.45, 7) is 1.75. The molecule has 7 heteroatoms. The van der Waals surface area contributed by atoms with Gasteiger partial charge in [0.05, 0.1) is 17.6 Å². The minimum atomic E-state index is -0.227. The SMILES string of the molecule is Cc1cc(=O)[nH]c(N/N=C\c2c(-c3ccccc3)nc3ccccn23)n1. The number of nitrogens with zero attached hydrogens (tertiary/aromatic N) is 4. The molecule has 0 radical (unpaired) electrons. The first-order valence-electron chi connectivity index (χ1n) is 8.10. The molecule has 0 aliphatic rings. The minimum Gasteiger partial charge on any atom is -0.298 e. The number of hydrogen-bond donors (Lipinski definition) is 2. The van der Waals surface area contributed by atoms with Gasteiger partial charge in [-0.05, 0) is 19.1 Å². The summed E-state index contributed by atoms with van der Waals surface area (Å²) in [7, 11) is 0. The largest absolute Gasteiger partial charge is 0.298 e. The second-order valence-corrected chi connectivity index (χ2v) is 5.75. The number of H-pyrrole nitrogens is 1. The average molecular weight is 344 g/mol.